The molecule has 0 saturated heterocycles. The van der Waals surface area contributed by atoms with E-state index in [1.807, 2.05) is 19.2 Å². The fraction of sp³-hybridized carbons (Fsp3) is 0.286. The van der Waals surface area contributed by atoms with Crippen molar-refractivity contribution in [1.82, 2.24) is 9.88 Å². The summed E-state index contributed by atoms with van der Waals surface area (Å²) in [5.41, 5.74) is 3.65. The van der Waals surface area contributed by atoms with Crippen molar-refractivity contribution in [1.29, 1.82) is 0 Å². The molecular formula is C14H16Cl2N2. The van der Waals surface area contributed by atoms with Crippen LogP contribution in [0.3, 0.4) is 0 Å². The van der Waals surface area contributed by atoms with Crippen molar-refractivity contribution in [2.75, 3.05) is 7.05 Å². The maximum absolute atomic E-state index is 6.19. The number of rotatable bonds is 4. The van der Waals surface area contributed by atoms with Crippen LogP contribution in [0.25, 0.3) is 0 Å². The van der Waals surface area contributed by atoms with Crippen molar-refractivity contribution in [3.05, 3.63) is 57.3 Å². The molecule has 0 atom stereocenters. The van der Waals surface area contributed by atoms with Crippen molar-refractivity contribution >= 4 is 23.2 Å². The van der Waals surface area contributed by atoms with E-state index in [1.165, 1.54) is 11.3 Å². The van der Waals surface area contributed by atoms with Gasteiger partial charge in [0.1, 0.15) is 0 Å². The monoisotopic (exact) mass is 282 g/mol. The molecule has 2 rings (SSSR count). The lowest BCUT2D eigenvalue weighted by molar-refractivity contribution is 0.753. The summed E-state index contributed by atoms with van der Waals surface area (Å²) in [4.78, 5) is 0. The lowest BCUT2D eigenvalue weighted by Crippen LogP contribution is -2.07. The number of nitrogens with zero attached hydrogens (tertiary/aromatic N) is 1. The second-order valence-corrected chi connectivity index (χ2v) is 5.16. The maximum Gasteiger partial charge on any atom is 0.0487 e. The van der Waals surface area contributed by atoms with E-state index in [0.717, 1.165) is 18.7 Å². The van der Waals surface area contributed by atoms with Gasteiger partial charge in [0.05, 0.1) is 0 Å². The van der Waals surface area contributed by atoms with Gasteiger partial charge in [-0.1, -0.05) is 29.3 Å². The van der Waals surface area contributed by atoms with E-state index in [2.05, 4.69) is 29.1 Å². The second kappa shape index (κ2) is 5.79. The Hall–Kier alpha value is -0.960. The Labute approximate surface area is 118 Å². The Morgan fingerprint density at radius 3 is 2.61 bits per heavy atom. The van der Waals surface area contributed by atoms with Gasteiger partial charge in [-0.2, -0.15) is 0 Å². The van der Waals surface area contributed by atoms with Crippen molar-refractivity contribution in [2.45, 2.75) is 20.0 Å². The molecule has 1 aromatic carbocycles. The fourth-order valence-corrected chi connectivity index (χ4v) is 2.45. The van der Waals surface area contributed by atoms with Crippen LogP contribution in [0, 0.1) is 6.92 Å². The summed E-state index contributed by atoms with van der Waals surface area (Å²) in [5, 5.41) is 4.55. The third-order valence-electron chi connectivity index (χ3n) is 3.07. The Balaban J connectivity index is 2.23. The van der Waals surface area contributed by atoms with Crippen LogP contribution in [-0.2, 0) is 13.1 Å². The zero-order valence-electron chi connectivity index (χ0n) is 10.5. The van der Waals surface area contributed by atoms with Gasteiger partial charge in [-0.15, -0.1) is 0 Å². The van der Waals surface area contributed by atoms with Crippen LogP contribution in [-0.4, -0.2) is 11.6 Å². The van der Waals surface area contributed by atoms with Crippen LogP contribution in [0.1, 0.15) is 16.8 Å². The summed E-state index contributed by atoms with van der Waals surface area (Å²) in [5.74, 6) is 0. The molecule has 0 radical (unpaired) electrons. The van der Waals surface area contributed by atoms with Gasteiger partial charge in [0.25, 0.3) is 0 Å². The standard InChI is InChI=1S/C14H16Cl2N2/c1-10-11(8-17-2)5-6-18(10)9-12-3-4-13(15)7-14(12)16/h3-7,17H,8-9H2,1-2H3. The van der Waals surface area contributed by atoms with Crippen LogP contribution in [0.2, 0.25) is 10.0 Å². The van der Waals surface area contributed by atoms with E-state index in [1.54, 1.807) is 6.07 Å². The molecule has 96 valence electrons. The summed E-state index contributed by atoms with van der Waals surface area (Å²) < 4.78 is 2.20. The van der Waals surface area contributed by atoms with Crippen LogP contribution in [0.5, 0.6) is 0 Å². The van der Waals surface area contributed by atoms with Gasteiger partial charge in [0, 0.05) is 35.0 Å². The molecule has 0 saturated carbocycles. The highest BCUT2D eigenvalue weighted by Gasteiger charge is 2.07. The van der Waals surface area contributed by atoms with Gasteiger partial charge in [0.15, 0.2) is 0 Å². The predicted molar refractivity (Wildman–Crippen MR) is 77.5 cm³/mol. The zero-order chi connectivity index (χ0) is 13.1. The van der Waals surface area contributed by atoms with E-state index in [-0.39, 0.29) is 0 Å². The normalized spacial score (nSPS) is 10.9. The lowest BCUT2D eigenvalue weighted by Gasteiger charge is -2.09. The summed E-state index contributed by atoms with van der Waals surface area (Å²) in [7, 11) is 1.95. The summed E-state index contributed by atoms with van der Waals surface area (Å²) >= 11 is 12.1. The van der Waals surface area contributed by atoms with Crippen LogP contribution < -0.4 is 5.32 Å². The quantitative estimate of drug-likeness (QED) is 0.901. The first-order chi connectivity index (χ1) is 8.61. The van der Waals surface area contributed by atoms with E-state index < -0.39 is 0 Å². The lowest BCUT2D eigenvalue weighted by atomic mass is 10.2. The molecule has 0 fully saturated rings. The Morgan fingerprint density at radius 2 is 1.94 bits per heavy atom. The largest absolute Gasteiger partial charge is 0.347 e. The van der Waals surface area contributed by atoms with E-state index >= 15 is 0 Å². The zero-order valence-corrected chi connectivity index (χ0v) is 12.0. The highest BCUT2D eigenvalue weighted by atomic mass is 35.5. The molecule has 1 aromatic heterocycles. The highest BCUT2D eigenvalue weighted by molar-refractivity contribution is 6.35. The third kappa shape index (κ3) is 2.89. The molecule has 1 N–H and O–H groups in total. The summed E-state index contributed by atoms with van der Waals surface area (Å²) in [6.45, 7) is 3.77. The van der Waals surface area contributed by atoms with Gasteiger partial charge < -0.3 is 9.88 Å². The first-order valence-electron chi connectivity index (χ1n) is 5.85. The minimum Gasteiger partial charge on any atom is -0.347 e. The first kappa shape index (κ1) is 13.5. The van der Waals surface area contributed by atoms with Crippen LogP contribution in [0.4, 0.5) is 0 Å². The van der Waals surface area contributed by atoms with Crippen molar-refractivity contribution < 1.29 is 0 Å². The fourth-order valence-electron chi connectivity index (χ4n) is 1.98. The van der Waals surface area contributed by atoms with Crippen LogP contribution >= 0.6 is 23.2 Å². The van der Waals surface area contributed by atoms with Gasteiger partial charge in [-0.25, -0.2) is 0 Å². The smallest absolute Gasteiger partial charge is 0.0487 e. The Morgan fingerprint density at radius 1 is 1.17 bits per heavy atom. The third-order valence-corrected chi connectivity index (χ3v) is 3.66. The second-order valence-electron chi connectivity index (χ2n) is 4.32. The number of hydrogen-bond donors (Lipinski definition) is 1. The van der Waals surface area contributed by atoms with Gasteiger partial charge in [-0.3, -0.25) is 0 Å². The molecule has 0 aliphatic heterocycles. The van der Waals surface area contributed by atoms with Crippen molar-refractivity contribution in [3.8, 4) is 0 Å². The number of halogens is 2. The maximum atomic E-state index is 6.19. The van der Waals surface area contributed by atoms with E-state index in [9.17, 15) is 0 Å². The molecule has 2 nitrogen and oxygen atoms in total. The summed E-state index contributed by atoms with van der Waals surface area (Å²) in [6.07, 6.45) is 2.09. The molecule has 4 heteroatoms. The Kier molecular flexibility index (Phi) is 4.33. The van der Waals surface area contributed by atoms with Gasteiger partial charge >= 0.3 is 0 Å². The van der Waals surface area contributed by atoms with Crippen molar-refractivity contribution in [2.24, 2.45) is 0 Å². The minimum atomic E-state index is 0.670. The topological polar surface area (TPSA) is 17.0 Å². The first-order valence-corrected chi connectivity index (χ1v) is 6.60. The molecular weight excluding hydrogens is 267 g/mol. The molecule has 0 aliphatic rings. The summed E-state index contributed by atoms with van der Waals surface area (Å²) in [6, 6.07) is 7.76. The number of hydrogen-bond acceptors (Lipinski definition) is 1. The highest BCUT2D eigenvalue weighted by Crippen LogP contribution is 2.23. The number of benzene rings is 1. The van der Waals surface area contributed by atoms with Gasteiger partial charge in [0.2, 0.25) is 0 Å². The molecule has 1 heterocycles. The van der Waals surface area contributed by atoms with Crippen molar-refractivity contribution in [3.63, 3.8) is 0 Å². The van der Waals surface area contributed by atoms with Gasteiger partial charge in [-0.05, 0) is 43.3 Å². The number of aromatic nitrogens is 1. The minimum absolute atomic E-state index is 0.670. The Bertz CT molecular complexity index is 547. The molecule has 0 aliphatic carbocycles. The molecule has 0 amide bonds. The molecule has 0 unspecified atom stereocenters. The van der Waals surface area contributed by atoms with Crippen LogP contribution in [0.15, 0.2) is 30.5 Å². The molecule has 18 heavy (non-hydrogen) atoms. The predicted octanol–water partition coefficient (Wildman–Crippen LogP) is 3.87. The SMILES string of the molecule is CNCc1ccn(Cc2ccc(Cl)cc2Cl)c1C. The van der Waals surface area contributed by atoms with E-state index in [4.69, 9.17) is 23.2 Å². The van der Waals surface area contributed by atoms with E-state index in [0.29, 0.717) is 10.0 Å². The average molecular weight is 283 g/mol. The molecule has 0 bridgehead atoms. The average Bonchev–Trinajstić information content (AvgIpc) is 2.66. The molecule has 2 aromatic rings. The molecule has 0 spiro atoms. The number of nitrogens with one attached hydrogen (secondary N) is 1.